The van der Waals surface area contributed by atoms with Crippen LogP contribution in [0.4, 0.5) is 4.39 Å². The molecule has 0 aliphatic carbocycles. The van der Waals surface area contributed by atoms with Crippen LogP contribution in [-0.4, -0.2) is 41.1 Å². The molecule has 0 aromatic heterocycles. The van der Waals surface area contributed by atoms with Crippen LogP contribution >= 0.6 is 0 Å². The van der Waals surface area contributed by atoms with Crippen LogP contribution in [0.3, 0.4) is 0 Å². The highest BCUT2D eigenvalue weighted by atomic mass is 19.1. The van der Waals surface area contributed by atoms with E-state index in [9.17, 15) is 14.0 Å². The number of amides is 1. The number of likely N-dealkylation sites (N-methyl/N-ethyl adjacent to an activating group) is 1. The summed E-state index contributed by atoms with van der Waals surface area (Å²) in [6.07, 6.45) is -0.759. The van der Waals surface area contributed by atoms with Crippen LogP contribution in [0.1, 0.15) is 31.1 Å². The van der Waals surface area contributed by atoms with Crippen molar-refractivity contribution in [1.29, 1.82) is 0 Å². The van der Waals surface area contributed by atoms with E-state index in [0.717, 1.165) is 12.1 Å². The maximum absolute atomic E-state index is 13.5. The van der Waals surface area contributed by atoms with E-state index in [1.165, 1.54) is 6.07 Å². The van der Waals surface area contributed by atoms with Crippen LogP contribution in [0, 0.1) is 5.82 Å². The quantitative estimate of drug-likeness (QED) is 0.868. The first-order chi connectivity index (χ1) is 9.40. The smallest absolute Gasteiger partial charge is 0.338 e. The molecule has 1 amide bonds. The molecule has 5 nitrogen and oxygen atoms in total. The molecule has 1 unspecified atom stereocenters. The van der Waals surface area contributed by atoms with Gasteiger partial charge in [-0.25, -0.2) is 9.18 Å². The zero-order valence-electron chi connectivity index (χ0n) is 11.7. The Hall–Kier alpha value is -2.11. The average molecular weight is 283 g/mol. The minimum absolute atomic E-state index is 0.125. The van der Waals surface area contributed by atoms with Gasteiger partial charge in [0.2, 0.25) is 0 Å². The standard InChI is InChI=1S/C14H18FNO4/c1-4-16(5-2)13(17)9(3)20-10-6-7-11(14(18)19)12(15)8-10/h6-9H,4-5H2,1-3H3,(H,18,19). The van der Waals surface area contributed by atoms with Crippen LogP contribution in [0.15, 0.2) is 18.2 Å². The fourth-order valence-electron chi connectivity index (χ4n) is 1.79. The van der Waals surface area contributed by atoms with Gasteiger partial charge >= 0.3 is 5.97 Å². The maximum atomic E-state index is 13.5. The van der Waals surface area contributed by atoms with Gasteiger partial charge in [0.1, 0.15) is 11.6 Å². The van der Waals surface area contributed by atoms with Crippen LogP contribution < -0.4 is 4.74 Å². The molecule has 20 heavy (non-hydrogen) atoms. The van der Waals surface area contributed by atoms with Gasteiger partial charge in [0, 0.05) is 19.2 Å². The van der Waals surface area contributed by atoms with Crippen LogP contribution in [-0.2, 0) is 4.79 Å². The summed E-state index contributed by atoms with van der Waals surface area (Å²) in [6.45, 7) is 6.42. The Balaban J connectivity index is 2.81. The lowest BCUT2D eigenvalue weighted by Crippen LogP contribution is -2.40. The molecule has 0 saturated heterocycles. The highest BCUT2D eigenvalue weighted by molar-refractivity contribution is 5.88. The van der Waals surface area contributed by atoms with Gasteiger partial charge in [-0.15, -0.1) is 0 Å². The van der Waals surface area contributed by atoms with Gasteiger partial charge in [-0.3, -0.25) is 4.79 Å². The molecule has 1 atom stereocenters. The topological polar surface area (TPSA) is 66.8 Å². The van der Waals surface area contributed by atoms with Gasteiger partial charge in [-0.05, 0) is 32.9 Å². The van der Waals surface area contributed by atoms with Crippen molar-refractivity contribution >= 4 is 11.9 Å². The summed E-state index contributed by atoms with van der Waals surface area (Å²) in [4.78, 5) is 24.3. The normalized spacial score (nSPS) is 11.8. The first-order valence-electron chi connectivity index (χ1n) is 6.38. The molecule has 0 fully saturated rings. The lowest BCUT2D eigenvalue weighted by molar-refractivity contribution is -0.137. The van der Waals surface area contributed by atoms with Crippen molar-refractivity contribution in [3.8, 4) is 5.75 Å². The van der Waals surface area contributed by atoms with Crippen molar-refractivity contribution in [2.24, 2.45) is 0 Å². The first-order valence-corrected chi connectivity index (χ1v) is 6.38. The monoisotopic (exact) mass is 283 g/mol. The largest absolute Gasteiger partial charge is 0.481 e. The average Bonchev–Trinajstić information content (AvgIpc) is 2.39. The molecule has 1 N–H and O–H groups in total. The second kappa shape index (κ2) is 6.88. The van der Waals surface area contributed by atoms with Crippen LogP contribution in [0.5, 0.6) is 5.75 Å². The van der Waals surface area contributed by atoms with Gasteiger partial charge in [-0.1, -0.05) is 0 Å². The molecule has 0 radical (unpaired) electrons. The molecule has 1 aromatic rings. The third kappa shape index (κ3) is 3.69. The van der Waals surface area contributed by atoms with Crippen molar-refractivity contribution in [3.05, 3.63) is 29.6 Å². The molecule has 0 aliphatic rings. The molecule has 6 heteroatoms. The molecule has 0 spiro atoms. The summed E-state index contributed by atoms with van der Waals surface area (Å²) in [5, 5.41) is 8.72. The zero-order valence-corrected chi connectivity index (χ0v) is 11.7. The number of benzene rings is 1. The minimum atomic E-state index is -1.35. The Labute approximate surface area is 117 Å². The highest BCUT2D eigenvalue weighted by Gasteiger charge is 2.20. The zero-order chi connectivity index (χ0) is 15.3. The Morgan fingerprint density at radius 3 is 2.40 bits per heavy atom. The lowest BCUT2D eigenvalue weighted by Gasteiger charge is -2.23. The number of carbonyl (C=O) groups is 2. The number of halogens is 1. The summed E-state index contributed by atoms with van der Waals surface area (Å²) in [6, 6.07) is 3.41. The Kier molecular flexibility index (Phi) is 5.49. The Bertz CT molecular complexity index is 500. The SMILES string of the molecule is CCN(CC)C(=O)C(C)Oc1ccc(C(=O)O)c(F)c1. The summed E-state index contributed by atoms with van der Waals surface area (Å²) in [5.74, 6) is -2.31. The second-order valence-electron chi connectivity index (χ2n) is 4.22. The van der Waals surface area contributed by atoms with Gasteiger partial charge < -0.3 is 14.7 Å². The predicted octanol–water partition coefficient (Wildman–Crippen LogP) is 2.16. The first kappa shape index (κ1) is 15.9. The highest BCUT2D eigenvalue weighted by Crippen LogP contribution is 2.18. The summed E-state index contributed by atoms with van der Waals surface area (Å²) in [5.41, 5.74) is -0.430. The fraction of sp³-hybridized carbons (Fsp3) is 0.429. The number of ether oxygens (including phenoxy) is 1. The molecular weight excluding hydrogens is 265 g/mol. The molecular formula is C14H18FNO4. The number of carbonyl (C=O) groups excluding carboxylic acids is 1. The summed E-state index contributed by atoms with van der Waals surface area (Å²) < 4.78 is 18.8. The number of carboxylic acid groups (broad SMARTS) is 1. The van der Waals surface area contributed by atoms with E-state index < -0.39 is 23.5 Å². The number of nitrogens with zero attached hydrogens (tertiary/aromatic N) is 1. The molecule has 1 aromatic carbocycles. The Morgan fingerprint density at radius 1 is 1.35 bits per heavy atom. The van der Waals surface area contributed by atoms with E-state index in [2.05, 4.69) is 0 Å². The van der Waals surface area contributed by atoms with Crippen molar-refractivity contribution in [2.45, 2.75) is 26.9 Å². The van der Waals surface area contributed by atoms with Crippen LogP contribution in [0.25, 0.3) is 0 Å². The number of rotatable bonds is 6. The van der Waals surface area contributed by atoms with Gasteiger partial charge in [0.15, 0.2) is 6.10 Å². The number of carboxylic acids is 1. The number of hydrogen-bond donors (Lipinski definition) is 1. The van der Waals surface area contributed by atoms with Crippen LogP contribution in [0.2, 0.25) is 0 Å². The maximum Gasteiger partial charge on any atom is 0.338 e. The fourth-order valence-corrected chi connectivity index (χ4v) is 1.79. The van der Waals surface area contributed by atoms with E-state index in [1.54, 1.807) is 11.8 Å². The molecule has 0 bridgehead atoms. The van der Waals surface area contributed by atoms with Crippen molar-refractivity contribution in [1.82, 2.24) is 4.90 Å². The molecule has 1 rings (SSSR count). The van der Waals surface area contributed by atoms with Gasteiger partial charge in [-0.2, -0.15) is 0 Å². The minimum Gasteiger partial charge on any atom is -0.481 e. The molecule has 0 heterocycles. The van der Waals surface area contributed by atoms with E-state index in [1.807, 2.05) is 13.8 Å². The van der Waals surface area contributed by atoms with E-state index >= 15 is 0 Å². The molecule has 0 saturated carbocycles. The molecule has 110 valence electrons. The van der Waals surface area contributed by atoms with Crippen molar-refractivity contribution in [2.75, 3.05) is 13.1 Å². The van der Waals surface area contributed by atoms with Gasteiger partial charge in [0.05, 0.1) is 5.56 Å². The van der Waals surface area contributed by atoms with Gasteiger partial charge in [0.25, 0.3) is 5.91 Å². The Morgan fingerprint density at radius 2 is 1.95 bits per heavy atom. The molecule has 0 aliphatic heterocycles. The van der Waals surface area contributed by atoms with E-state index in [0.29, 0.717) is 13.1 Å². The van der Waals surface area contributed by atoms with Crippen molar-refractivity contribution < 1.29 is 23.8 Å². The summed E-state index contributed by atoms with van der Waals surface area (Å²) >= 11 is 0. The third-order valence-corrected chi connectivity index (χ3v) is 2.91. The van der Waals surface area contributed by atoms with Crippen molar-refractivity contribution in [3.63, 3.8) is 0 Å². The second-order valence-corrected chi connectivity index (χ2v) is 4.22. The lowest BCUT2D eigenvalue weighted by atomic mass is 10.2. The number of hydrogen-bond acceptors (Lipinski definition) is 3. The predicted molar refractivity (Wildman–Crippen MR) is 71.4 cm³/mol. The van der Waals surface area contributed by atoms with E-state index in [4.69, 9.17) is 9.84 Å². The number of aromatic carboxylic acids is 1. The summed E-state index contributed by atoms with van der Waals surface area (Å²) in [7, 11) is 0. The third-order valence-electron chi connectivity index (χ3n) is 2.91. The van der Waals surface area contributed by atoms with E-state index in [-0.39, 0.29) is 11.7 Å².